The van der Waals surface area contributed by atoms with Gasteiger partial charge < -0.3 is 10.4 Å². The highest BCUT2D eigenvalue weighted by molar-refractivity contribution is 5.70. The minimum Gasteiger partial charge on any atom is -0.481 e. The van der Waals surface area contributed by atoms with Crippen molar-refractivity contribution in [2.24, 2.45) is 11.8 Å². The van der Waals surface area contributed by atoms with Crippen LogP contribution >= 0.6 is 0 Å². The van der Waals surface area contributed by atoms with Gasteiger partial charge in [0.1, 0.15) is 0 Å². The molecule has 0 aliphatic carbocycles. The molecule has 3 atom stereocenters. The molecule has 3 unspecified atom stereocenters. The normalized spacial score (nSPS) is 38.5. The quantitative estimate of drug-likeness (QED) is 0.589. The second-order valence-corrected chi connectivity index (χ2v) is 3.47. The minimum atomic E-state index is -0.670. The van der Waals surface area contributed by atoms with Gasteiger partial charge in [-0.25, -0.2) is 0 Å². The third-order valence-electron chi connectivity index (χ3n) is 2.42. The largest absolute Gasteiger partial charge is 0.481 e. The SMILES string of the molecule is CC1CC(C)C(C(=O)O)CN1. The van der Waals surface area contributed by atoms with Crippen LogP contribution in [0.15, 0.2) is 0 Å². The lowest BCUT2D eigenvalue weighted by Crippen LogP contribution is -2.44. The number of hydrogen-bond donors (Lipinski definition) is 2. The van der Waals surface area contributed by atoms with Crippen LogP contribution in [0, 0.1) is 11.8 Å². The fourth-order valence-electron chi connectivity index (χ4n) is 1.67. The first-order valence-electron chi connectivity index (χ1n) is 4.07. The Hall–Kier alpha value is -0.570. The van der Waals surface area contributed by atoms with E-state index in [-0.39, 0.29) is 5.92 Å². The Morgan fingerprint density at radius 2 is 2.18 bits per heavy atom. The molecule has 0 saturated carbocycles. The minimum absolute atomic E-state index is 0.189. The Bertz CT molecular complexity index is 158. The molecule has 11 heavy (non-hydrogen) atoms. The molecular formula is C8H15NO2. The zero-order chi connectivity index (χ0) is 8.43. The maximum atomic E-state index is 10.6. The van der Waals surface area contributed by atoms with E-state index in [2.05, 4.69) is 12.2 Å². The first-order chi connectivity index (χ1) is 5.11. The molecule has 3 nitrogen and oxygen atoms in total. The van der Waals surface area contributed by atoms with E-state index in [9.17, 15) is 4.79 Å². The van der Waals surface area contributed by atoms with Gasteiger partial charge in [0.15, 0.2) is 0 Å². The van der Waals surface area contributed by atoms with Gasteiger partial charge in [0, 0.05) is 12.6 Å². The molecule has 1 heterocycles. The topological polar surface area (TPSA) is 49.3 Å². The highest BCUT2D eigenvalue weighted by Gasteiger charge is 2.29. The van der Waals surface area contributed by atoms with Crippen LogP contribution < -0.4 is 5.32 Å². The van der Waals surface area contributed by atoms with Crippen LogP contribution in [0.1, 0.15) is 20.3 Å². The molecule has 0 bridgehead atoms. The number of aliphatic carboxylic acids is 1. The maximum Gasteiger partial charge on any atom is 0.308 e. The van der Waals surface area contributed by atoms with Gasteiger partial charge in [-0.15, -0.1) is 0 Å². The first-order valence-corrected chi connectivity index (χ1v) is 4.07. The van der Waals surface area contributed by atoms with Crippen LogP contribution in [-0.2, 0) is 4.79 Å². The second-order valence-electron chi connectivity index (χ2n) is 3.47. The summed E-state index contributed by atoms with van der Waals surface area (Å²) in [7, 11) is 0. The van der Waals surface area contributed by atoms with E-state index in [0.29, 0.717) is 18.5 Å². The van der Waals surface area contributed by atoms with E-state index in [4.69, 9.17) is 5.11 Å². The number of carboxylic acid groups (broad SMARTS) is 1. The molecule has 1 rings (SSSR count). The van der Waals surface area contributed by atoms with E-state index < -0.39 is 5.97 Å². The predicted octanol–water partition coefficient (Wildman–Crippen LogP) is 0.705. The Morgan fingerprint density at radius 3 is 2.64 bits per heavy atom. The lowest BCUT2D eigenvalue weighted by atomic mass is 9.85. The highest BCUT2D eigenvalue weighted by atomic mass is 16.4. The molecule has 3 heteroatoms. The number of hydrogen-bond acceptors (Lipinski definition) is 2. The number of piperidine rings is 1. The Labute approximate surface area is 66.8 Å². The number of carbonyl (C=O) groups is 1. The summed E-state index contributed by atoms with van der Waals surface area (Å²) in [6.07, 6.45) is 0.969. The third-order valence-corrected chi connectivity index (χ3v) is 2.42. The zero-order valence-electron chi connectivity index (χ0n) is 7.00. The average molecular weight is 157 g/mol. The lowest BCUT2D eigenvalue weighted by Gasteiger charge is -2.30. The van der Waals surface area contributed by atoms with Crippen LogP contribution in [0.25, 0.3) is 0 Å². The average Bonchev–Trinajstić information content (AvgIpc) is 1.85. The summed E-state index contributed by atoms with van der Waals surface area (Å²) in [6.45, 7) is 4.72. The van der Waals surface area contributed by atoms with Gasteiger partial charge in [-0.2, -0.15) is 0 Å². The van der Waals surface area contributed by atoms with Crippen molar-refractivity contribution in [2.75, 3.05) is 6.54 Å². The van der Waals surface area contributed by atoms with Crippen LogP contribution in [0.4, 0.5) is 0 Å². The molecule has 0 aromatic rings. The molecule has 0 amide bonds. The summed E-state index contributed by atoms with van der Waals surface area (Å²) in [6, 6.07) is 0.473. The number of carboxylic acids is 1. The molecular weight excluding hydrogens is 142 g/mol. The van der Waals surface area contributed by atoms with Crippen LogP contribution in [0.2, 0.25) is 0 Å². The van der Waals surface area contributed by atoms with E-state index in [0.717, 1.165) is 6.42 Å². The van der Waals surface area contributed by atoms with Crippen molar-refractivity contribution in [2.45, 2.75) is 26.3 Å². The summed E-state index contributed by atoms with van der Waals surface area (Å²) < 4.78 is 0. The monoisotopic (exact) mass is 157 g/mol. The van der Waals surface area contributed by atoms with E-state index in [1.807, 2.05) is 6.92 Å². The third kappa shape index (κ3) is 1.93. The second kappa shape index (κ2) is 3.22. The summed E-state index contributed by atoms with van der Waals surface area (Å²) >= 11 is 0. The van der Waals surface area contributed by atoms with Gasteiger partial charge in [-0.3, -0.25) is 4.79 Å². The van der Waals surface area contributed by atoms with Gasteiger partial charge in [0.2, 0.25) is 0 Å². The zero-order valence-corrected chi connectivity index (χ0v) is 7.00. The smallest absolute Gasteiger partial charge is 0.308 e. The Kier molecular flexibility index (Phi) is 2.49. The Balaban J connectivity index is 2.50. The van der Waals surface area contributed by atoms with Crippen molar-refractivity contribution < 1.29 is 9.90 Å². The van der Waals surface area contributed by atoms with Crippen molar-refractivity contribution >= 4 is 5.97 Å². The first kappa shape index (κ1) is 8.53. The van der Waals surface area contributed by atoms with Crippen molar-refractivity contribution in [1.29, 1.82) is 0 Å². The molecule has 1 fully saturated rings. The number of nitrogens with one attached hydrogen (secondary N) is 1. The summed E-state index contributed by atoms with van der Waals surface area (Å²) in [5, 5.41) is 11.9. The summed E-state index contributed by atoms with van der Waals surface area (Å²) in [5.74, 6) is -0.549. The number of rotatable bonds is 1. The van der Waals surface area contributed by atoms with E-state index in [1.165, 1.54) is 0 Å². The lowest BCUT2D eigenvalue weighted by molar-refractivity contribution is -0.144. The van der Waals surface area contributed by atoms with Crippen molar-refractivity contribution in [3.05, 3.63) is 0 Å². The summed E-state index contributed by atoms with van der Waals surface area (Å²) in [5.41, 5.74) is 0. The predicted molar refractivity (Wildman–Crippen MR) is 42.4 cm³/mol. The molecule has 1 aliphatic rings. The molecule has 64 valence electrons. The molecule has 1 aliphatic heterocycles. The molecule has 0 radical (unpaired) electrons. The van der Waals surface area contributed by atoms with Crippen molar-refractivity contribution in [3.8, 4) is 0 Å². The summed E-state index contributed by atoms with van der Waals surface area (Å²) in [4.78, 5) is 10.6. The van der Waals surface area contributed by atoms with Crippen LogP contribution in [-0.4, -0.2) is 23.7 Å². The molecule has 0 aromatic heterocycles. The van der Waals surface area contributed by atoms with Gasteiger partial charge in [-0.05, 0) is 19.3 Å². The van der Waals surface area contributed by atoms with Crippen molar-refractivity contribution in [1.82, 2.24) is 5.32 Å². The van der Waals surface area contributed by atoms with Gasteiger partial charge >= 0.3 is 5.97 Å². The fourth-order valence-corrected chi connectivity index (χ4v) is 1.67. The Morgan fingerprint density at radius 1 is 1.55 bits per heavy atom. The van der Waals surface area contributed by atoms with Gasteiger partial charge in [-0.1, -0.05) is 6.92 Å². The fraction of sp³-hybridized carbons (Fsp3) is 0.875. The van der Waals surface area contributed by atoms with E-state index >= 15 is 0 Å². The maximum absolute atomic E-state index is 10.6. The van der Waals surface area contributed by atoms with Crippen LogP contribution in [0.3, 0.4) is 0 Å². The van der Waals surface area contributed by atoms with E-state index in [1.54, 1.807) is 0 Å². The molecule has 1 saturated heterocycles. The highest BCUT2D eigenvalue weighted by Crippen LogP contribution is 2.21. The van der Waals surface area contributed by atoms with Gasteiger partial charge in [0.05, 0.1) is 5.92 Å². The van der Waals surface area contributed by atoms with Crippen molar-refractivity contribution in [3.63, 3.8) is 0 Å². The molecule has 2 N–H and O–H groups in total. The van der Waals surface area contributed by atoms with Gasteiger partial charge in [0.25, 0.3) is 0 Å². The molecule has 0 spiro atoms. The standard InChI is InChI=1S/C8H15NO2/c1-5-3-6(2)9-4-7(5)8(10)11/h5-7,9H,3-4H2,1-2H3,(H,10,11). The van der Waals surface area contributed by atoms with Crippen LogP contribution in [0.5, 0.6) is 0 Å². The molecule has 0 aromatic carbocycles.